The molecule has 0 radical (unpaired) electrons. The number of aryl methyl sites for hydroxylation is 1. The number of aromatic nitrogens is 2. The van der Waals surface area contributed by atoms with E-state index in [-0.39, 0.29) is 18.3 Å². The molecule has 0 bridgehead atoms. The number of carbonyl (C=O) groups is 1. The summed E-state index contributed by atoms with van der Waals surface area (Å²) in [5.41, 5.74) is 2.80. The molecule has 0 saturated carbocycles. The number of hydrogen-bond acceptors (Lipinski definition) is 4. The van der Waals surface area contributed by atoms with E-state index in [2.05, 4.69) is 21.4 Å². The largest absolute Gasteiger partial charge is 0.360 e. The molecule has 2 aromatic carbocycles. The summed E-state index contributed by atoms with van der Waals surface area (Å²) in [6, 6.07) is 12.3. The lowest BCUT2D eigenvalue weighted by atomic mass is 10.0. The predicted molar refractivity (Wildman–Crippen MR) is 95.1 cm³/mol. The fourth-order valence-electron chi connectivity index (χ4n) is 3.22. The van der Waals surface area contributed by atoms with Crippen molar-refractivity contribution in [3.63, 3.8) is 0 Å². The first kappa shape index (κ1) is 15.5. The van der Waals surface area contributed by atoms with Gasteiger partial charge in [0.15, 0.2) is 0 Å². The Labute approximate surface area is 144 Å². The Morgan fingerprint density at radius 3 is 3.00 bits per heavy atom. The standard InChI is InChI=1S/C19H17FN4O/c20-14-7-8-16-15(10-14)19(23-12-22-16)21-11-18(25)24-9-3-5-13-4-1-2-6-17(13)24/h1-2,4,6-8,10,12H,3,5,9,11H2,(H,21,22,23). The lowest BCUT2D eigenvalue weighted by Gasteiger charge is -2.29. The summed E-state index contributed by atoms with van der Waals surface area (Å²) in [5.74, 6) is 0.0695. The summed E-state index contributed by atoms with van der Waals surface area (Å²) >= 11 is 0. The molecule has 1 aliphatic rings. The average Bonchev–Trinajstić information content (AvgIpc) is 2.65. The smallest absolute Gasteiger partial charge is 0.246 e. The molecule has 1 amide bonds. The zero-order valence-electron chi connectivity index (χ0n) is 13.6. The van der Waals surface area contributed by atoms with Crippen molar-refractivity contribution in [3.05, 3.63) is 60.2 Å². The number of hydrogen-bond donors (Lipinski definition) is 1. The van der Waals surface area contributed by atoms with Crippen LogP contribution in [-0.2, 0) is 11.2 Å². The van der Waals surface area contributed by atoms with Gasteiger partial charge in [-0.25, -0.2) is 14.4 Å². The van der Waals surface area contributed by atoms with E-state index in [4.69, 9.17) is 0 Å². The second-order valence-electron chi connectivity index (χ2n) is 6.01. The van der Waals surface area contributed by atoms with Crippen LogP contribution in [0.3, 0.4) is 0 Å². The number of anilines is 2. The van der Waals surface area contributed by atoms with Crippen LogP contribution in [0.1, 0.15) is 12.0 Å². The van der Waals surface area contributed by atoms with Crippen LogP contribution in [0.5, 0.6) is 0 Å². The molecule has 0 fully saturated rings. The maximum absolute atomic E-state index is 13.5. The van der Waals surface area contributed by atoms with Crippen molar-refractivity contribution < 1.29 is 9.18 Å². The molecule has 5 nitrogen and oxygen atoms in total. The van der Waals surface area contributed by atoms with E-state index in [0.717, 1.165) is 18.5 Å². The first-order chi connectivity index (χ1) is 12.2. The highest BCUT2D eigenvalue weighted by molar-refractivity contribution is 5.98. The zero-order chi connectivity index (χ0) is 17.2. The molecule has 0 atom stereocenters. The van der Waals surface area contributed by atoms with Crippen molar-refractivity contribution in [3.8, 4) is 0 Å². The van der Waals surface area contributed by atoms with Crippen molar-refractivity contribution in [1.82, 2.24) is 9.97 Å². The van der Waals surface area contributed by atoms with Gasteiger partial charge in [0.2, 0.25) is 5.91 Å². The van der Waals surface area contributed by atoms with Crippen molar-refractivity contribution in [1.29, 1.82) is 0 Å². The summed E-state index contributed by atoms with van der Waals surface area (Å²) in [6.45, 7) is 0.799. The number of carbonyl (C=O) groups excluding carboxylic acids is 1. The number of fused-ring (bicyclic) bond motifs is 2. The SMILES string of the molecule is O=C(CNc1ncnc2ccc(F)cc12)N1CCCc2ccccc21. The number of para-hydroxylation sites is 1. The summed E-state index contributed by atoms with van der Waals surface area (Å²) in [4.78, 5) is 22.8. The quantitative estimate of drug-likeness (QED) is 0.798. The van der Waals surface area contributed by atoms with Gasteiger partial charge in [-0.2, -0.15) is 0 Å². The number of rotatable bonds is 3. The Hall–Kier alpha value is -3.02. The van der Waals surface area contributed by atoms with Gasteiger partial charge in [-0.15, -0.1) is 0 Å². The average molecular weight is 336 g/mol. The molecule has 2 heterocycles. The number of benzene rings is 2. The van der Waals surface area contributed by atoms with Gasteiger partial charge in [0.05, 0.1) is 12.1 Å². The third-order valence-electron chi connectivity index (χ3n) is 4.42. The van der Waals surface area contributed by atoms with Crippen molar-refractivity contribution in [2.45, 2.75) is 12.8 Å². The molecule has 4 rings (SSSR count). The Kier molecular flexibility index (Phi) is 4.01. The molecule has 1 N–H and O–H groups in total. The monoisotopic (exact) mass is 336 g/mol. The third kappa shape index (κ3) is 3.03. The van der Waals surface area contributed by atoms with E-state index in [1.807, 2.05) is 18.2 Å². The van der Waals surface area contributed by atoms with Gasteiger partial charge in [-0.1, -0.05) is 18.2 Å². The summed E-state index contributed by atoms with van der Waals surface area (Å²) in [5, 5.41) is 3.60. The van der Waals surface area contributed by atoms with Crippen LogP contribution in [0.2, 0.25) is 0 Å². The molecule has 0 saturated heterocycles. The van der Waals surface area contributed by atoms with Gasteiger partial charge in [0.1, 0.15) is 18.0 Å². The lowest BCUT2D eigenvalue weighted by molar-refractivity contribution is -0.117. The van der Waals surface area contributed by atoms with Gasteiger partial charge >= 0.3 is 0 Å². The second-order valence-corrected chi connectivity index (χ2v) is 6.01. The number of nitrogens with one attached hydrogen (secondary N) is 1. The highest BCUT2D eigenvalue weighted by atomic mass is 19.1. The van der Waals surface area contributed by atoms with Crippen LogP contribution >= 0.6 is 0 Å². The molecule has 1 aromatic heterocycles. The minimum Gasteiger partial charge on any atom is -0.360 e. The van der Waals surface area contributed by atoms with E-state index in [0.29, 0.717) is 23.3 Å². The normalized spacial score (nSPS) is 13.6. The Morgan fingerprint density at radius 1 is 1.20 bits per heavy atom. The molecule has 0 unspecified atom stereocenters. The fraction of sp³-hybridized carbons (Fsp3) is 0.211. The van der Waals surface area contributed by atoms with Crippen LogP contribution in [0.4, 0.5) is 15.9 Å². The molecule has 0 aliphatic carbocycles. The molecule has 0 spiro atoms. The summed E-state index contributed by atoms with van der Waals surface area (Å²) < 4.78 is 13.5. The maximum atomic E-state index is 13.5. The van der Waals surface area contributed by atoms with E-state index in [1.165, 1.54) is 24.0 Å². The van der Waals surface area contributed by atoms with Gasteiger partial charge in [-0.3, -0.25) is 4.79 Å². The predicted octanol–water partition coefficient (Wildman–Crippen LogP) is 3.16. The molecule has 3 aromatic rings. The topological polar surface area (TPSA) is 58.1 Å². The minimum absolute atomic E-state index is 0.0321. The van der Waals surface area contributed by atoms with E-state index >= 15 is 0 Å². The van der Waals surface area contributed by atoms with Crippen molar-refractivity contribution in [2.75, 3.05) is 23.3 Å². The fourth-order valence-corrected chi connectivity index (χ4v) is 3.22. The van der Waals surface area contributed by atoms with Crippen LogP contribution in [0, 0.1) is 5.82 Å². The van der Waals surface area contributed by atoms with Crippen LogP contribution < -0.4 is 10.2 Å². The van der Waals surface area contributed by atoms with E-state index in [9.17, 15) is 9.18 Å². The van der Waals surface area contributed by atoms with Gasteiger partial charge in [-0.05, 0) is 42.7 Å². The van der Waals surface area contributed by atoms with Gasteiger partial charge < -0.3 is 10.2 Å². The van der Waals surface area contributed by atoms with E-state index in [1.54, 1.807) is 11.0 Å². The lowest BCUT2D eigenvalue weighted by Crippen LogP contribution is -2.39. The van der Waals surface area contributed by atoms with Crippen LogP contribution in [-0.4, -0.2) is 29.0 Å². The summed E-state index contributed by atoms with van der Waals surface area (Å²) in [6.07, 6.45) is 3.34. The Bertz CT molecular complexity index is 944. The molecule has 25 heavy (non-hydrogen) atoms. The number of amides is 1. The van der Waals surface area contributed by atoms with Gasteiger partial charge in [0, 0.05) is 17.6 Å². The maximum Gasteiger partial charge on any atom is 0.246 e. The molecular weight excluding hydrogens is 319 g/mol. The summed E-state index contributed by atoms with van der Waals surface area (Å²) in [7, 11) is 0. The van der Waals surface area contributed by atoms with Crippen LogP contribution in [0.15, 0.2) is 48.8 Å². The van der Waals surface area contributed by atoms with Crippen molar-refractivity contribution >= 4 is 28.3 Å². The molecule has 1 aliphatic heterocycles. The highest BCUT2D eigenvalue weighted by Gasteiger charge is 2.22. The van der Waals surface area contributed by atoms with E-state index < -0.39 is 0 Å². The number of nitrogens with zero attached hydrogens (tertiary/aromatic N) is 3. The second kappa shape index (κ2) is 6.47. The Balaban J connectivity index is 1.55. The zero-order valence-corrected chi connectivity index (χ0v) is 13.6. The van der Waals surface area contributed by atoms with Crippen molar-refractivity contribution in [2.24, 2.45) is 0 Å². The third-order valence-corrected chi connectivity index (χ3v) is 4.42. The molecule has 6 heteroatoms. The minimum atomic E-state index is -0.360. The van der Waals surface area contributed by atoms with Crippen LogP contribution in [0.25, 0.3) is 10.9 Å². The van der Waals surface area contributed by atoms with Gasteiger partial charge in [0.25, 0.3) is 0 Å². The highest BCUT2D eigenvalue weighted by Crippen LogP contribution is 2.27. The molecule has 126 valence electrons. The first-order valence-corrected chi connectivity index (χ1v) is 8.25. The molecular formula is C19H17FN4O. The Morgan fingerprint density at radius 2 is 2.08 bits per heavy atom. The first-order valence-electron chi connectivity index (χ1n) is 8.25. The number of halogens is 1.